The van der Waals surface area contributed by atoms with Crippen LogP contribution in [0.25, 0.3) is 0 Å². The van der Waals surface area contributed by atoms with Gasteiger partial charge < -0.3 is 31.3 Å². The number of nitrogens with zero attached hydrogens (tertiary/aromatic N) is 4. The average Bonchev–Trinajstić information content (AvgIpc) is 3.00. The first-order valence-corrected chi connectivity index (χ1v) is 14.0. The van der Waals surface area contributed by atoms with Crippen molar-refractivity contribution in [3.05, 3.63) is 102 Å². The minimum absolute atomic E-state index is 0.0492. The lowest BCUT2D eigenvalue weighted by atomic mass is 9.98. The van der Waals surface area contributed by atoms with Crippen molar-refractivity contribution in [3.63, 3.8) is 0 Å². The van der Waals surface area contributed by atoms with E-state index in [-0.39, 0.29) is 62.4 Å². The quantitative estimate of drug-likeness (QED) is 0.318. The molecule has 0 saturated carbocycles. The number of hydrazine groups is 1. The fraction of sp³-hybridized carbons (Fsp3) is 0.290. The number of urea groups is 1. The van der Waals surface area contributed by atoms with E-state index in [4.69, 9.17) is 5.73 Å². The third-order valence-corrected chi connectivity index (χ3v) is 7.66. The molecular formula is C31H35N7O5. The fourth-order valence-corrected chi connectivity index (χ4v) is 5.63. The first kappa shape index (κ1) is 29.4. The molecule has 3 aliphatic heterocycles. The lowest BCUT2D eigenvalue weighted by molar-refractivity contribution is -0.188. The van der Waals surface area contributed by atoms with E-state index in [1.165, 1.54) is 22.0 Å². The molecule has 0 aliphatic carbocycles. The number of hydrogen-bond acceptors (Lipinski definition) is 7. The number of rotatable bonds is 9. The normalized spacial score (nSPS) is 20.5. The number of nitrogens with one attached hydrogen (secondary N) is 2. The van der Waals surface area contributed by atoms with Gasteiger partial charge in [-0.1, -0.05) is 54.6 Å². The van der Waals surface area contributed by atoms with Gasteiger partial charge in [-0.05, 0) is 34.9 Å². The molecule has 3 heterocycles. The maximum atomic E-state index is 14.1. The van der Waals surface area contributed by atoms with Crippen LogP contribution in [0.2, 0.25) is 0 Å². The van der Waals surface area contributed by atoms with Crippen LogP contribution in [0.4, 0.5) is 4.79 Å². The van der Waals surface area contributed by atoms with E-state index in [0.29, 0.717) is 12.1 Å². The molecule has 5 rings (SSSR count). The molecule has 2 aromatic carbocycles. The summed E-state index contributed by atoms with van der Waals surface area (Å²) in [6.45, 7) is 4.80. The van der Waals surface area contributed by atoms with Gasteiger partial charge >= 0.3 is 6.03 Å². The topological polar surface area (TPSA) is 152 Å². The fourth-order valence-electron chi connectivity index (χ4n) is 5.63. The Hall–Kier alpha value is -5.10. The SMILES string of the molecule is C=CCN1CC(=O)N2[C@@H](Cc3ccc(O)cc3)C(=O)N(CC3=CCNC(C(N)=O)=C3)C[C@@H]2N1C(=O)NCc1ccccc1. The van der Waals surface area contributed by atoms with Gasteiger partial charge in [-0.15, -0.1) is 6.58 Å². The summed E-state index contributed by atoms with van der Waals surface area (Å²) in [5.41, 5.74) is 8.09. The summed E-state index contributed by atoms with van der Waals surface area (Å²) in [4.78, 5) is 56.5. The molecule has 5 N–H and O–H groups in total. The molecule has 2 fully saturated rings. The van der Waals surface area contributed by atoms with Crippen LogP contribution in [0.5, 0.6) is 5.75 Å². The van der Waals surface area contributed by atoms with Gasteiger partial charge in [0.25, 0.3) is 5.91 Å². The van der Waals surface area contributed by atoms with E-state index in [1.807, 2.05) is 36.4 Å². The minimum atomic E-state index is -0.909. The summed E-state index contributed by atoms with van der Waals surface area (Å²) < 4.78 is 0. The Labute approximate surface area is 249 Å². The number of piperazine rings is 1. The number of benzene rings is 2. The zero-order chi connectivity index (χ0) is 30.5. The second-order valence-corrected chi connectivity index (χ2v) is 10.6. The molecule has 0 spiro atoms. The van der Waals surface area contributed by atoms with Crippen LogP contribution in [-0.2, 0) is 27.3 Å². The molecule has 2 aromatic rings. The van der Waals surface area contributed by atoms with Crippen molar-refractivity contribution in [2.24, 2.45) is 5.73 Å². The van der Waals surface area contributed by atoms with Crippen molar-refractivity contribution >= 4 is 23.8 Å². The highest BCUT2D eigenvalue weighted by Crippen LogP contribution is 2.29. The molecule has 2 saturated heterocycles. The van der Waals surface area contributed by atoms with Crippen LogP contribution in [0.1, 0.15) is 11.1 Å². The highest BCUT2D eigenvalue weighted by atomic mass is 16.3. The van der Waals surface area contributed by atoms with Gasteiger partial charge in [0.15, 0.2) is 0 Å². The third-order valence-electron chi connectivity index (χ3n) is 7.66. The van der Waals surface area contributed by atoms with Gasteiger partial charge in [-0.25, -0.2) is 14.8 Å². The van der Waals surface area contributed by atoms with Crippen LogP contribution in [-0.4, -0.2) is 93.6 Å². The third kappa shape index (κ3) is 6.54. The van der Waals surface area contributed by atoms with E-state index in [0.717, 1.165) is 11.1 Å². The number of amides is 5. The van der Waals surface area contributed by atoms with Crippen molar-refractivity contribution < 1.29 is 24.3 Å². The smallest absolute Gasteiger partial charge is 0.334 e. The van der Waals surface area contributed by atoms with Crippen LogP contribution < -0.4 is 16.4 Å². The monoisotopic (exact) mass is 585 g/mol. The zero-order valence-corrected chi connectivity index (χ0v) is 23.7. The summed E-state index contributed by atoms with van der Waals surface area (Å²) in [5, 5.41) is 18.8. The summed E-state index contributed by atoms with van der Waals surface area (Å²) in [6, 6.07) is 14.6. The van der Waals surface area contributed by atoms with Crippen molar-refractivity contribution in [1.82, 2.24) is 30.5 Å². The number of primary amides is 1. The van der Waals surface area contributed by atoms with E-state index < -0.39 is 24.1 Å². The van der Waals surface area contributed by atoms with Gasteiger partial charge in [0.1, 0.15) is 23.7 Å². The molecule has 224 valence electrons. The molecule has 43 heavy (non-hydrogen) atoms. The van der Waals surface area contributed by atoms with Crippen LogP contribution in [0, 0.1) is 0 Å². The Morgan fingerprint density at radius 3 is 2.53 bits per heavy atom. The first-order chi connectivity index (χ1) is 20.7. The Balaban J connectivity index is 1.49. The van der Waals surface area contributed by atoms with E-state index >= 15 is 0 Å². The Bertz CT molecular complexity index is 1460. The highest BCUT2D eigenvalue weighted by molar-refractivity contribution is 5.93. The van der Waals surface area contributed by atoms with E-state index in [1.54, 1.807) is 34.2 Å². The molecule has 0 radical (unpaired) electrons. The van der Waals surface area contributed by atoms with Crippen molar-refractivity contribution in [2.75, 3.05) is 32.7 Å². The summed E-state index contributed by atoms with van der Waals surface area (Å²) in [5.74, 6) is -1.09. The molecule has 12 heteroatoms. The van der Waals surface area contributed by atoms with Crippen LogP contribution in [0.15, 0.2) is 90.7 Å². The summed E-state index contributed by atoms with van der Waals surface area (Å²) >= 11 is 0. The molecule has 0 aromatic heterocycles. The molecule has 0 unspecified atom stereocenters. The van der Waals surface area contributed by atoms with Crippen LogP contribution >= 0.6 is 0 Å². The second kappa shape index (κ2) is 12.8. The van der Waals surface area contributed by atoms with Gasteiger partial charge in [0, 0.05) is 32.6 Å². The number of carbonyl (C=O) groups excluding carboxylic acids is 4. The molecule has 0 bridgehead atoms. The predicted octanol–water partition coefficient (Wildman–Crippen LogP) is 0.827. The molecule has 2 atom stereocenters. The van der Waals surface area contributed by atoms with E-state index in [2.05, 4.69) is 17.2 Å². The maximum Gasteiger partial charge on any atom is 0.334 e. The standard InChI is InChI=1S/C31H35N7O5/c1-2-14-36-20-28(40)37-26(16-21-8-10-24(39)11-9-21)30(42)35(18-23-12-13-33-25(15-23)29(32)41)19-27(37)38(36)31(43)34-17-22-6-4-3-5-7-22/h2-12,15,26-27,33,39H,1,13-14,16-20H2,(H2,32,41)(H,34,43)/t26-,27-/m0/s1. The number of fused-ring (bicyclic) bond motifs is 1. The lowest BCUT2D eigenvalue weighted by Gasteiger charge is -2.55. The van der Waals surface area contributed by atoms with Crippen molar-refractivity contribution in [1.29, 1.82) is 0 Å². The van der Waals surface area contributed by atoms with Gasteiger partial charge in [-0.3, -0.25) is 14.4 Å². The average molecular weight is 586 g/mol. The van der Waals surface area contributed by atoms with Crippen LogP contribution in [0.3, 0.4) is 0 Å². The number of hydrogen-bond donors (Lipinski definition) is 4. The maximum absolute atomic E-state index is 14.1. The largest absolute Gasteiger partial charge is 0.508 e. The number of dihydropyridines is 1. The molecule has 5 amide bonds. The molecule has 12 nitrogen and oxygen atoms in total. The number of aromatic hydroxyl groups is 1. The summed E-state index contributed by atoms with van der Waals surface area (Å²) in [6.07, 6.45) is 4.47. The predicted molar refractivity (Wildman–Crippen MR) is 158 cm³/mol. The van der Waals surface area contributed by atoms with E-state index in [9.17, 15) is 24.3 Å². The Kier molecular flexibility index (Phi) is 8.77. The Morgan fingerprint density at radius 1 is 1.09 bits per heavy atom. The Morgan fingerprint density at radius 2 is 1.84 bits per heavy atom. The summed E-state index contributed by atoms with van der Waals surface area (Å²) in [7, 11) is 0. The molecular weight excluding hydrogens is 550 g/mol. The minimum Gasteiger partial charge on any atom is -0.508 e. The second-order valence-electron chi connectivity index (χ2n) is 10.6. The van der Waals surface area contributed by atoms with Gasteiger partial charge in [0.2, 0.25) is 11.8 Å². The number of phenolic OH excluding ortho intramolecular Hbond substituents is 1. The van der Waals surface area contributed by atoms with Gasteiger partial charge in [0.05, 0.1) is 13.1 Å². The number of nitrogens with two attached hydrogens (primary N) is 1. The number of carbonyl (C=O) groups is 4. The molecule has 3 aliphatic rings. The lowest BCUT2D eigenvalue weighted by Crippen LogP contribution is -2.76. The zero-order valence-electron chi connectivity index (χ0n) is 23.7. The van der Waals surface area contributed by atoms with Crippen molar-refractivity contribution in [2.45, 2.75) is 25.2 Å². The highest BCUT2D eigenvalue weighted by Gasteiger charge is 2.51. The number of phenols is 1. The van der Waals surface area contributed by atoms with Gasteiger partial charge in [-0.2, -0.15) is 0 Å². The van der Waals surface area contributed by atoms with Crippen molar-refractivity contribution in [3.8, 4) is 5.75 Å². The first-order valence-electron chi connectivity index (χ1n) is 14.0.